The molecule has 0 radical (unpaired) electrons. The fraction of sp³-hybridized carbons (Fsp3) is 0.933. The number of hydrogen-bond donors (Lipinski definition) is 1. The van der Waals surface area contributed by atoms with Gasteiger partial charge in [0.15, 0.2) is 0 Å². The van der Waals surface area contributed by atoms with Gasteiger partial charge in [0, 0.05) is 13.2 Å². The zero-order valence-electron chi connectivity index (χ0n) is 13.3. The Kier molecular flexibility index (Phi) is 9.88. The molecule has 0 heterocycles. The molecule has 0 rings (SSSR count). The summed E-state index contributed by atoms with van der Waals surface area (Å²) in [5.74, 6) is 0.389. The molecule has 4 nitrogen and oxygen atoms in total. The summed E-state index contributed by atoms with van der Waals surface area (Å²) in [6.45, 7) is 12.6. The van der Waals surface area contributed by atoms with Crippen molar-refractivity contribution in [3.63, 3.8) is 0 Å². The van der Waals surface area contributed by atoms with E-state index >= 15 is 0 Å². The number of nitrogens with one attached hydrogen (secondary N) is 1. The third kappa shape index (κ3) is 7.53. The minimum Gasteiger partial charge on any atom is -0.465 e. The highest BCUT2D eigenvalue weighted by molar-refractivity contribution is 5.80. The topological polar surface area (TPSA) is 47.6 Å². The maximum Gasteiger partial charge on any atom is 0.326 e. The van der Waals surface area contributed by atoms with Crippen molar-refractivity contribution in [3.8, 4) is 0 Å². The second-order valence-electron chi connectivity index (χ2n) is 5.30. The second kappa shape index (κ2) is 10.2. The molecule has 0 aromatic carbocycles. The summed E-state index contributed by atoms with van der Waals surface area (Å²) in [7, 11) is 0. The van der Waals surface area contributed by atoms with Gasteiger partial charge in [-0.1, -0.05) is 27.2 Å². The number of hydrogen-bond acceptors (Lipinski definition) is 4. The van der Waals surface area contributed by atoms with E-state index in [1.165, 1.54) is 12.8 Å². The van der Waals surface area contributed by atoms with Crippen LogP contribution in [0.3, 0.4) is 0 Å². The van der Waals surface area contributed by atoms with Gasteiger partial charge in [0.1, 0.15) is 5.54 Å². The van der Waals surface area contributed by atoms with E-state index < -0.39 is 5.54 Å². The van der Waals surface area contributed by atoms with Crippen LogP contribution in [0.25, 0.3) is 0 Å². The van der Waals surface area contributed by atoms with Crippen molar-refractivity contribution >= 4 is 5.97 Å². The van der Waals surface area contributed by atoms with Gasteiger partial charge in [0.25, 0.3) is 0 Å². The molecule has 0 amide bonds. The van der Waals surface area contributed by atoms with Crippen molar-refractivity contribution < 1.29 is 14.3 Å². The number of rotatable bonds is 11. The van der Waals surface area contributed by atoms with Crippen LogP contribution in [0.5, 0.6) is 0 Å². The first-order valence-corrected chi connectivity index (χ1v) is 7.50. The van der Waals surface area contributed by atoms with E-state index in [1.807, 2.05) is 20.8 Å². The maximum absolute atomic E-state index is 11.9. The number of likely N-dealkylation sites (N-methyl/N-ethyl adjacent to an activating group) is 1. The highest BCUT2D eigenvalue weighted by atomic mass is 16.5. The zero-order chi connectivity index (χ0) is 14.7. The van der Waals surface area contributed by atoms with Crippen molar-refractivity contribution in [1.29, 1.82) is 0 Å². The minimum absolute atomic E-state index is 0.193. The largest absolute Gasteiger partial charge is 0.465 e. The summed E-state index contributed by atoms with van der Waals surface area (Å²) in [5.41, 5.74) is -0.640. The van der Waals surface area contributed by atoms with Crippen molar-refractivity contribution in [2.75, 3.05) is 26.4 Å². The van der Waals surface area contributed by atoms with Gasteiger partial charge in [-0.2, -0.15) is 0 Å². The van der Waals surface area contributed by atoms with Crippen LogP contribution < -0.4 is 5.32 Å². The van der Waals surface area contributed by atoms with Gasteiger partial charge in [-0.25, -0.2) is 0 Å². The molecule has 4 heteroatoms. The molecule has 0 aliphatic heterocycles. The average Bonchev–Trinajstić information content (AvgIpc) is 2.36. The number of carbonyl (C=O) groups is 1. The summed E-state index contributed by atoms with van der Waals surface area (Å²) in [4.78, 5) is 11.9. The standard InChI is InChI=1S/C15H31NO3/c1-6-9-13(4)12-18-11-10-15(5,16-7-2)14(17)19-8-3/h13,16H,6-12H2,1-5H3. The van der Waals surface area contributed by atoms with Crippen LogP contribution in [0, 0.1) is 5.92 Å². The smallest absolute Gasteiger partial charge is 0.326 e. The lowest BCUT2D eigenvalue weighted by atomic mass is 9.98. The van der Waals surface area contributed by atoms with Gasteiger partial charge in [-0.15, -0.1) is 0 Å². The van der Waals surface area contributed by atoms with E-state index in [4.69, 9.17) is 9.47 Å². The van der Waals surface area contributed by atoms with Crippen molar-refractivity contribution in [3.05, 3.63) is 0 Å². The zero-order valence-corrected chi connectivity index (χ0v) is 13.3. The van der Waals surface area contributed by atoms with E-state index in [-0.39, 0.29) is 5.97 Å². The van der Waals surface area contributed by atoms with E-state index in [0.717, 1.165) is 13.2 Å². The molecule has 0 aliphatic carbocycles. The van der Waals surface area contributed by atoms with Crippen LogP contribution >= 0.6 is 0 Å². The van der Waals surface area contributed by atoms with Crippen molar-refractivity contribution in [2.24, 2.45) is 5.92 Å². The van der Waals surface area contributed by atoms with Gasteiger partial charge >= 0.3 is 5.97 Å². The van der Waals surface area contributed by atoms with Gasteiger partial charge < -0.3 is 14.8 Å². The lowest BCUT2D eigenvalue weighted by molar-refractivity contribution is -0.151. The van der Waals surface area contributed by atoms with Crippen molar-refractivity contribution in [2.45, 2.75) is 59.4 Å². The Bertz CT molecular complexity index is 246. The molecule has 1 N–H and O–H groups in total. The Morgan fingerprint density at radius 2 is 2.00 bits per heavy atom. The fourth-order valence-electron chi connectivity index (χ4n) is 2.08. The van der Waals surface area contributed by atoms with Crippen LogP contribution in [-0.2, 0) is 14.3 Å². The summed E-state index contributed by atoms with van der Waals surface area (Å²) >= 11 is 0. The van der Waals surface area contributed by atoms with E-state index in [2.05, 4.69) is 19.2 Å². The predicted molar refractivity (Wildman–Crippen MR) is 78.2 cm³/mol. The van der Waals surface area contributed by atoms with Crippen molar-refractivity contribution in [1.82, 2.24) is 5.32 Å². The second-order valence-corrected chi connectivity index (χ2v) is 5.30. The maximum atomic E-state index is 11.9. The highest BCUT2D eigenvalue weighted by Crippen LogP contribution is 2.13. The monoisotopic (exact) mass is 273 g/mol. The lowest BCUT2D eigenvalue weighted by Crippen LogP contribution is -2.51. The SMILES string of the molecule is CCCC(C)COCCC(C)(NCC)C(=O)OCC. The summed E-state index contributed by atoms with van der Waals surface area (Å²) in [6.07, 6.45) is 3.00. The molecular formula is C15H31NO3. The van der Waals surface area contributed by atoms with Crippen LogP contribution in [0.15, 0.2) is 0 Å². The number of carbonyl (C=O) groups excluding carboxylic acids is 1. The minimum atomic E-state index is -0.640. The van der Waals surface area contributed by atoms with Crippen LogP contribution in [0.1, 0.15) is 53.9 Å². The molecule has 19 heavy (non-hydrogen) atoms. The first-order valence-electron chi connectivity index (χ1n) is 7.50. The third-order valence-electron chi connectivity index (χ3n) is 3.22. The molecule has 0 saturated carbocycles. The molecule has 0 saturated heterocycles. The van der Waals surface area contributed by atoms with Crippen LogP contribution in [0.4, 0.5) is 0 Å². The Labute approximate surface area is 118 Å². The van der Waals surface area contributed by atoms with Crippen LogP contribution in [0.2, 0.25) is 0 Å². The van der Waals surface area contributed by atoms with Crippen LogP contribution in [-0.4, -0.2) is 37.9 Å². The molecule has 0 spiro atoms. The molecule has 0 aromatic heterocycles. The molecule has 2 unspecified atom stereocenters. The Balaban J connectivity index is 4.10. The Hall–Kier alpha value is -0.610. The molecule has 2 atom stereocenters. The van der Waals surface area contributed by atoms with E-state index in [1.54, 1.807) is 0 Å². The first kappa shape index (κ1) is 18.4. The van der Waals surface area contributed by atoms with E-state index in [9.17, 15) is 4.79 Å². The average molecular weight is 273 g/mol. The number of esters is 1. The number of ether oxygens (including phenoxy) is 2. The predicted octanol–water partition coefficient (Wildman–Crippen LogP) is 2.76. The van der Waals surface area contributed by atoms with Gasteiger partial charge in [0.2, 0.25) is 0 Å². The fourth-order valence-corrected chi connectivity index (χ4v) is 2.08. The molecular weight excluding hydrogens is 242 g/mol. The lowest BCUT2D eigenvalue weighted by Gasteiger charge is -2.28. The summed E-state index contributed by atoms with van der Waals surface area (Å²) in [6, 6.07) is 0. The first-order chi connectivity index (χ1) is 9.00. The molecule has 0 aliphatic rings. The molecule has 0 aromatic rings. The Morgan fingerprint density at radius 1 is 1.32 bits per heavy atom. The Morgan fingerprint density at radius 3 is 2.53 bits per heavy atom. The molecule has 114 valence electrons. The summed E-state index contributed by atoms with van der Waals surface area (Å²) < 4.78 is 10.8. The van der Waals surface area contributed by atoms with Gasteiger partial charge in [-0.3, -0.25) is 4.79 Å². The van der Waals surface area contributed by atoms with Gasteiger partial charge in [0.05, 0.1) is 6.61 Å². The third-order valence-corrected chi connectivity index (χ3v) is 3.22. The highest BCUT2D eigenvalue weighted by Gasteiger charge is 2.33. The molecule has 0 fully saturated rings. The summed E-state index contributed by atoms with van der Waals surface area (Å²) in [5, 5.41) is 3.20. The molecule has 0 bridgehead atoms. The quantitative estimate of drug-likeness (QED) is 0.464. The normalized spacial score (nSPS) is 15.8. The van der Waals surface area contributed by atoms with E-state index in [0.29, 0.717) is 25.6 Å². The van der Waals surface area contributed by atoms with Gasteiger partial charge in [-0.05, 0) is 39.2 Å².